The predicted octanol–water partition coefficient (Wildman–Crippen LogP) is 1.25. The summed E-state index contributed by atoms with van der Waals surface area (Å²) in [5.74, 6) is 0. The van der Waals surface area contributed by atoms with Crippen molar-refractivity contribution < 1.29 is 49.0 Å². The molecule has 0 unspecified atom stereocenters. The maximum Gasteiger partial charge on any atom is -0.0253 e. The van der Waals surface area contributed by atoms with E-state index < -0.39 is 0 Å². The van der Waals surface area contributed by atoms with Crippen LogP contribution >= 0.6 is 11.3 Å². The van der Waals surface area contributed by atoms with Gasteiger partial charge in [0.25, 0.3) is 0 Å². The van der Waals surface area contributed by atoms with Crippen molar-refractivity contribution in [3.05, 3.63) is 100 Å². The van der Waals surface area contributed by atoms with Crippen LogP contribution in [0.4, 0.5) is 0 Å². The van der Waals surface area contributed by atoms with Crippen LogP contribution < -0.4 is 24.8 Å². The summed E-state index contributed by atoms with van der Waals surface area (Å²) >= 11 is 3.30. The van der Waals surface area contributed by atoms with Crippen LogP contribution in [0.2, 0.25) is 0 Å². The fourth-order valence-electron chi connectivity index (χ4n) is 3.25. The Morgan fingerprint density at radius 2 is 1.67 bits per heavy atom. The zero-order chi connectivity index (χ0) is 19.9. The molecule has 0 fully saturated rings. The zero-order valence-electron chi connectivity index (χ0n) is 17.4. The molecule has 0 nitrogen and oxygen atoms in total. The first-order valence-corrected chi connectivity index (χ1v) is 11.6. The van der Waals surface area contributed by atoms with E-state index >= 15 is 0 Å². The maximum atomic E-state index is 3.30. The molecule has 0 bridgehead atoms. The molecule has 0 spiro atoms. The summed E-state index contributed by atoms with van der Waals surface area (Å²) in [6.07, 6.45) is 1.05. The van der Waals surface area contributed by atoms with E-state index in [9.17, 15) is 0 Å². The molecule has 1 heterocycles. The van der Waals surface area contributed by atoms with Gasteiger partial charge in [0, 0.05) is 0 Å². The van der Waals surface area contributed by atoms with Gasteiger partial charge < -0.3 is 24.8 Å². The van der Waals surface area contributed by atoms with Crippen molar-refractivity contribution in [2.45, 2.75) is 27.2 Å². The molecular weight excluding hydrogens is 506 g/mol. The van der Waals surface area contributed by atoms with Gasteiger partial charge in [0.2, 0.25) is 0 Å². The van der Waals surface area contributed by atoms with Gasteiger partial charge in [-0.1, -0.05) is 58.6 Å². The minimum atomic E-state index is 0. The van der Waals surface area contributed by atoms with Gasteiger partial charge in [0.15, 0.2) is 0 Å². The van der Waals surface area contributed by atoms with E-state index in [0.717, 1.165) is 6.42 Å². The molecule has 1 aromatic heterocycles. The minimum absolute atomic E-state index is 0. The van der Waals surface area contributed by atoms with Crippen LogP contribution in [0.15, 0.2) is 77.5 Å². The van der Waals surface area contributed by atoms with Gasteiger partial charge in [0.1, 0.15) is 0 Å². The van der Waals surface area contributed by atoms with Crippen molar-refractivity contribution in [3.8, 4) is 22.3 Å². The second kappa shape index (κ2) is 13.3. The van der Waals surface area contributed by atoms with Gasteiger partial charge in [0.05, 0.1) is 0 Å². The molecule has 0 atom stereocenters. The second-order valence-electron chi connectivity index (χ2n) is 7.03. The minimum Gasteiger partial charge on any atom is -1.00 e. The molecule has 1 aliphatic rings. The Bertz CT molecular complexity index is 1000. The molecule has 0 radical (unpaired) electrons. The molecule has 0 saturated heterocycles. The van der Waals surface area contributed by atoms with Crippen molar-refractivity contribution >= 4 is 14.5 Å². The van der Waals surface area contributed by atoms with Crippen LogP contribution in [0, 0.1) is 13.0 Å². The second-order valence-corrected chi connectivity index (χ2v) is 10.3. The molecule has 5 rings (SSSR count). The van der Waals surface area contributed by atoms with Gasteiger partial charge in [-0.15, -0.1) is 34.9 Å². The van der Waals surface area contributed by atoms with Gasteiger partial charge in [-0.2, -0.15) is 35.9 Å². The number of rotatable bonds is 1. The average molecular weight is 531 g/mol. The van der Waals surface area contributed by atoms with Crippen molar-refractivity contribution in [1.29, 1.82) is 0 Å². The Labute approximate surface area is 211 Å². The van der Waals surface area contributed by atoms with E-state index in [-0.39, 0.29) is 24.8 Å². The van der Waals surface area contributed by atoms with Crippen molar-refractivity contribution in [2.24, 2.45) is 0 Å². The SMILES string of the molecule is C[C](C)=[Zr+2].Cc1ccc[c-]1-c1ccsc1.[Cl-].[Cl-].[c-]1cccc2c1Cc1ccccc1-2. The summed E-state index contributed by atoms with van der Waals surface area (Å²) in [7, 11) is 0. The molecular formula is C26H24Cl2SZr-2. The Kier molecular flexibility index (Phi) is 11.9. The third kappa shape index (κ3) is 7.21. The third-order valence-corrected chi connectivity index (χ3v) is 5.17. The van der Waals surface area contributed by atoms with E-state index in [2.05, 4.69) is 98.3 Å². The number of fused-ring (bicyclic) bond motifs is 3. The number of halogens is 2. The van der Waals surface area contributed by atoms with Crippen molar-refractivity contribution in [3.63, 3.8) is 0 Å². The van der Waals surface area contributed by atoms with Crippen molar-refractivity contribution in [2.75, 3.05) is 0 Å². The normalized spacial score (nSPS) is 10.0. The van der Waals surface area contributed by atoms with E-state index in [0.29, 0.717) is 0 Å². The Morgan fingerprint density at radius 1 is 0.967 bits per heavy atom. The Hall–Kier alpha value is -1.18. The number of thiophene rings is 1. The fraction of sp³-hybridized carbons (Fsp3) is 0.154. The Balaban J connectivity index is 0.000000244. The molecule has 1 aliphatic carbocycles. The summed E-state index contributed by atoms with van der Waals surface area (Å²) in [4.78, 5) is 0. The summed E-state index contributed by atoms with van der Waals surface area (Å²) in [6, 6.07) is 26.7. The topological polar surface area (TPSA) is 0 Å². The molecule has 154 valence electrons. The molecule has 30 heavy (non-hydrogen) atoms. The van der Waals surface area contributed by atoms with Crippen LogP contribution in [0.3, 0.4) is 0 Å². The standard InChI is InChI=1S/C13H9.C10H9S.C3H6.2ClH.Zr/c1-3-7-12-10(5-1)9-11-6-2-4-8-13(11)12;1-8-3-2-4-10(8)9-5-6-11-7-9;1-3-2;;;/h1-5,7-8H,9H2;2-7H,1H3;1-2H3;2*1H;/q2*-1;;;;+2/p-2. The van der Waals surface area contributed by atoms with Crippen LogP contribution in [0.25, 0.3) is 22.3 Å². The molecule has 0 N–H and O–H groups in total. The number of hydrogen-bond acceptors (Lipinski definition) is 1. The zero-order valence-corrected chi connectivity index (χ0v) is 22.2. The van der Waals surface area contributed by atoms with Gasteiger partial charge in [-0.3, -0.25) is 0 Å². The third-order valence-electron chi connectivity index (χ3n) is 4.48. The monoisotopic (exact) mass is 528 g/mol. The quantitative estimate of drug-likeness (QED) is 0.287. The average Bonchev–Trinajstić information content (AvgIpc) is 3.41. The predicted molar refractivity (Wildman–Crippen MR) is 120 cm³/mol. The van der Waals surface area contributed by atoms with E-state index in [1.54, 1.807) is 35.6 Å². The summed E-state index contributed by atoms with van der Waals surface area (Å²) < 4.78 is 1.51. The molecule has 3 aromatic carbocycles. The van der Waals surface area contributed by atoms with Crippen LogP contribution in [-0.4, -0.2) is 3.21 Å². The van der Waals surface area contributed by atoms with Crippen LogP contribution in [-0.2, 0) is 30.7 Å². The van der Waals surface area contributed by atoms with Gasteiger partial charge >= 0.3 is 41.3 Å². The first-order chi connectivity index (χ1) is 13.6. The fourth-order valence-corrected chi connectivity index (χ4v) is 3.91. The molecule has 0 amide bonds. The molecule has 0 saturated carbocycles. The van der Waals surface area contributed by atoms with E-state index in [1.165, 1.54) is 42.2 Å². The summed E-state index contributed by atoms with van der Waals surface area (Å²) in [6.45, 7) is 6.39. The summed E-state index contributed by atoms with van der Waals surface area (Å²) in [5, 5.41) is 4.30. The molecule has 0 aliphatic heterocycles. The van der Waals surface area contributed by atoms with E-state index in [4.69, 9.17) is 0 Å². The van der Waals surface area contributed by atoms with Gasteiger partial charge in [-0.05, 0) is 6.42 Å². The van der Waals surface area contributed by atoms with Crippen molar-refractivity contribution in [1.82, 2.24) is 0 Å². The van der Waals surface area contributed by atoms with E-state index in [1.807, 2.05) is 6.07 Å². The largest absolute Gasteiger partial charge is 1.00 e. The number of aryl methyl sites for hydroxylation is 1. The first-order valence-electron chi connectivity index (χ1n) is 9.40. The first kappa shape index (κ1) is 26.9. The number of benzene rings is 2. The molecule has 4 heteroatoms. The Morgan fingerprint density at radius 3 is 2.30 bits per heavy atom. The molecule has 4 aromatic rings. The number of hydrogen-bond donors (Lipinski definition) is 0. The smallest absolute Gasteiger partial charge is 0.0253 e. The maximum absolute atomic E-state index is 3.30. The van der Waals surface area contributed by atoms with Gasteiger partial charge in [-0.25, -0.2) is 11.3 Å². The van der Waals surface area contributed by atoms with Crippen LogP contribution in [0.5, 0.6) is 0 Å². The van der Waals surface area contributed by atoms with Crippen LogP contribution in [0.1, 0.15) is 30.5 Å². The summed E-state index contributed by atoms with van der Waals surface area (Å²) in [5.41, 5.74) is 9.59.